The van der Waals surface area contributed by atoms with Crippen molar-refractivity contribution in [1.82, 2.24) is 0 Å². The standard InChI is InChI=1S/C12H15AsFO4S/c1-4-12(2,11(15)16)8-5-6-9(10(14)7-8)13-19(3,17)18/h5-7H,4H2,1-3H3,(H,15,16). The van der Waals surface area contributed by atoms with Gasteiger partial charge in [-0.05, 0) is 0 Å². The van der Waals surface area contributed by atoms with E-state index in [-0.39, 0.29) is 4.35 Å². The molecule has 0 fully saturated rings. The van der Waals surface area contributed by atoms with Gasteiger partial charge in [0.1, 0.15) is 0 Å². The fourth-order valence-electron chi connectivity index (χ4n) is 1.58. The van der Waals surface area contributed by atoms with Gasteiger partial charge >= 0.3 is 117 Å². The molecule has 0 amide bonds. The van der Waals surface area contributed by atoms with Crippen molar-refractivity contribution in [3.63, 3.8) is 0 Å². The van der Waals surface area contributed by atoms with Crippen molar-refractivity contribution >= 4 is 33.0 Å². The van der Waals surface area contributed by atoms with Gasteiger partial charge in [-0.2, -0.15) is 0 Å². The molecule has 1 rings (SSSR count). The predicted molar refractivity (Wildman–Crippen MR) is 71.9 cm³/mol. The van der Waals surface area contributed by atoms with Crippen LogP contribution in [0.5, 0.6) is 0 Å². The first-order valence-corrected chi connectivity index (χ1v) is 10.6. The van der Waals surface area contributed by atoms with Crippen molar-refractivity contribution < 1.29 is 22.7 Å². The molecule has 0 spiro atoms. The Kier molecular flexibility index (Phi) is 4.80. The SMILES string of the molecule is CCC(C)(C(=O)O)c1ccc([As]S(C)(=O)=O)c(F)c1. The monoisotopic (exact) mass is 349 g/mol. The van der Waals surface area contributed by atoms with E-state index in [1.54, 1.807) is 6.92 Å². The Labute approximate surface area is 117 Å². The van der Waals surface area contributed by atoms with Crippen LogP contribution in [-0.2, 0) is 18.3 Å². The summed E-state index contributed by atoms with van der Waals surface area (Å²) in [7, 11) is -3.23. The number of carboxylic acid groups (broad SMARTS) is 1. The first kappa shape index (κ1) is 16.2. The molecule has 1 aromatic carbocycles. The van der Waals surface area contributed by atoms with Crippen molar-refractivity contribution in [2.75, 3.05) is 6.26 Å². The van der Waals surface area contributed by atoms with Crippen LogP contribution >= 0.6 is 0 Å². The van der Waals surface area contributed by atoms with E-state index < -0.39 is 39.9 Å². The average Bonchev–Trinajstić information content (AvgIpc) is 2.28. The second kappa shape index (κ2) is 5.63. The van der Waals surface area contributed by atoms with Gasteiger partial charge in [0.2, 0.25) is 0 Å². The van der Waals surface area contributed by atoms with E-state index in [4.69, 9.17) is 0 Å². The van der Waals surface area contributed by atoms with E-state index in [9.17, 15) is 22.7 Å². The van der Waals surface area contributed by atoms with Gasteiger partial charge in [0.15, 0.2) is 0 Å². The Morgan fingerprint density at radius 1 is 1.47 bits per heavy atom. The summed E-state index contributed by atoms with van der Waals surface area (Å²) in [5.41, 5.74) is -0.820. The molecule has 1 atom stereocenters. The summed E-state index contributed by atoms with van der Waals surface area (Å²) in [6.07, 6.45) is 1.38. The van der Waals surface area contributed by atoms with Crippen LogP contribution in [0.3, 0.4) is 0 Å². The van der Waals surface area contributed by atoms with Crippen molar-refractivity contribution in [2.45, 2.75) is 25.7 Å². The Balaban J connectivity index is 3.23. The average molecular weight is 349 g/mol. The number of carboxylic acids is 1. The number of aliphatic carboxylic acids is 1. The van der Waals surface area contributed by atoms with Crippen LogP contribution in [0.2, 0.25) is 0 Å². The summed E-state index contributed by atoms with van der Waals surface area (Å²) in [5.74, 6) is -1.68. The third-order valence-corrected chi connectivity index (χ3v) is 7.64. The molecule has 0 saturated carbocycles. The van der Waals surface area contributed by atoms with Gasteiger partial charge in [-0.1, -0.05) is 0 Å². The minimum absolute atomic E-state index is 0.145. The molecular formula is C12H15AsFO4S. The Morgan fingerprint density at radius 3 is 2.42 bits per heavy atom. The second-order valence-corrected chi connectivity index (χ2v) is 12.5. The number of rotatable bonds is 5. The molecule has 19 heavy (non-hydrogen) atoms. The molecule has 0 aliphatic carbocycles. The van der Waals surface area contributed by atoms with Crippen molar-refractivity contribution in [1.29, 1.82) is 0 Å². The molecule has 105 valence electrons. The van der Waals surface area contributed by atoms with Gasteiger partial charge in [-0.3, -0.25) is 0 Å². The number of benzene rings is 1. The van der Waals surface area contributed by atoms with Crippen LogP contribution < -0.4 is 4.35 Å². The number of hydrogen-bond acceptors (Lipinski definition) is 3. The third-order valence-electron chi connectivity index (χ3n) is 3.03. The van der Waals surface area contributed by atoms with Gasteiger partial charge in [-0.15, -0.1) is 0 Å². The van der Waals surface area contributed by atoms with E-state index in [2.05, 4.69) is 0 Å². The summed E-state index contributed by atoms with van der Waals surface area (Å²) in [5, 5.41) is 9.22. The van der Waals surface area contributed by atoms with Crippen LogP contribution in [-0.4, -0.2) is 40.3 Å². The maximum absolute atomic E-state index is 13.9. The van der Waals surface area contributed by atoms with Crippen LogP contribution in [0.4, 0.5) is 4.39 Å². The number of hydrogen-bond donors (Lipinski definition) is 1. The van der Waals surface area contributed by atoms with E-state index >= 15 is 0 Å². The van der Waals surface area contributed by atoms with Gasteiger partial charge in [-0.25, -0.2) is 0 Å². The minimum atomic E-state index is -3.23. The molecule has 0 saturated heterocycles. The molecule has 0 aliphatic heterocycles. The summed E-state index contributed by atoms with van der Waals surface area (Å²) >= 11 is -1.30. The molecular weight excluding hydrogens is 334 g/mol. The zero-order chi connectivity index (χ0) is 14.8. The fraction of sp³-hybridized carbons (Fsp3) is 0.417. The molecule has 0 heterocycles. The van der Waals surface area contributed by atoms with Gasteiger partial charge in [0.25, 0.3) is 0 Å². The van der Waals surface area contributed by atoms with Gasteiger partial charge in [0, 0.05) is 0 Å². The Morgan fingerprint density at radius 2 is 2.05 bits per heavy atom. The van der Waals surface area contributed by atoms with Crippen LogP contribution in [0.15, 0.2) is 18.2 Å². The van der Waals surface area contributed by atoms with E-state index in [0.717, 1.165) is 12.3 Å². The molecule has 0 aliphatic rings. The third kappa shape index (κ3) is 3.80. The molecule has 1 unspecified atom stereocenters. The first-order valence-electron chi connectivity index (χ1n) is 5.56. The van der Waals surface area contributed by atoms with Gasteiger partial charge in [0.05, 0.1) is 0 Å². The fourth-order valence-corrected chi connectivity index (χ4v) is 5.56. The van der Waals surface area contributed by atoms with Crippen LogP contribution in [0, 0.1) is 5.82 Å². The van der Waals surface area contributed by atoms with Gasteiger partial charge < -0.3 is 0 Å². The second-order valence-electron chi connectivity index (χ2n) is 4.48. The zero-order valence-electron chi connectivity index (χ0n) is 10.8. The topological polar surface area (TPSA) is 71.4 Å². The quantitative estimate of drug-likeness (QED) is 0.801. The zero-order valence-corrected chi connectivity index (χ0v) is 13.5. The van der Waals surface area contributed by atoms with Crippen molar-refractivity contribution in [3.05, 3.63) is 29.6 Å². The van der Waals surface area contributed by atoms with Crippen molar-refractivity contribution in [3.8, 4) is 0 Å². The number of halogens is 1. The Bertz CT molecular complexity index is 600. The summed E-state index contributed by atoms with van der Waals surface area (Å²) < 4.78 is 36.4. The number of carbonyl (C=O) groups is 1. The maximum atomic E-state index is 13.9. The molecule has 0 aromatic heterocycles. The van der Waals surface area contributed by atoms with Crippen molar-refractivity contribution in [2.24, 2.45) is 0 Å². The normalized spacial score (nSPS) is 15.6. The summed E-state index contributed by atoms with van der Waals surface area (Å²) in [6, 6.07) is 4.01. The van der Waals surface area contributed by atoms with E-state index in [1.807, 2.05) is 0 Å². The molecule has 7 heteroatoms. The first-order chi connectivity index (χ1) is 8.60. The molecule has 1 N–H and O–H groups in total. The molecule has 1 radical (unpaired) electrons. The molecule has 1 aromatic rings. The predicted octanol–water partition coefficient (Wildman–Crippen LogP) is 0.867. The molecule has 0 bridgehead atoms. The summed E-state index contributed by atoms with van der Waals surface area (Å²) in [4.78, 5) is 11.3. The van der Waals surface area contributed by atoms with Crippen LogP contribution in [0.1, 0.15) is 25.8 Å². The summed E-state index contributed by atoms with van der Waals surface area (Å²) in [6.45, 7) is 3.23. The Hall–Kier alpha value is -0.872. The van der Waals surface area contributed by atoms with E-state index in [1.165, 1.54) is 19.1 Å². The van der Waals surface area contributed by atoms with Crippen LogP contribution in [0.25, 0.3) is 0 Å². The van der Waals surface area contributed by atoms with E-state index in [0.29, 0.717) is 12.0 Å². The molecule has 4 nitrogen and oxygen atoms in total.